The van der Waals surface area contributed by atoms with Gasteiger partial charge in [0.2, 0.25) is 0 Å². The fourth-order valence-electron chi connectivity index (χ4n) is 2.15. The van der Waals surface area contributed by atoms with Gasteiger partial charge >= 0.3 is 15.6 Å². The number of unbranched alkanes of at least 4 members (excludes halogenated alkanes) is 1. The summed E-state index contributed by atoms with van der Waals surface area (Å²) in [4.78, 5) is 0. The van der Waals surface area contributed by atoms with Gasteiger partial charge in [0.15, 0.2) is 0 Å². The Morgan fingerprint density at radius 3 is 2.65 bits per heavy atom. The zero-order valence-corrected chi connectivity index (χ0v) is 13.3. The topological polar surface area (TPSA) is 52.6 Å². The molecule has 8 heteroatoms. The van der Waals surface area contributed by atoms with Crippen molar-refractivity contribution in [3.8, 4) is 5.75 Å². The van der Waals surface area contributed by atoms with Crippen molar-refractivity contribution in [3.05, 3.63) is 35.4 Å². The molecule has 4 nitrogen and oxygen atoms in total. The van der Waals surface area contributed by atoms with Gasteiger partial charge in [0.25, 0.3) is 0 Å². The molecular formula is C15H17F3O4S. The summed E-state index contributed by atoms with van der Waals surface area (Å²) in [6.07, 6.45) is 4.22. The van der Waals surface area contributed by atoms with Crippen LogP contribution >= 0.6 is 0 Å². The van der Waals surface area contributed by atoms with Gasteiger partial charge in [-0.2, -0.15) is 21.6 Å². The lowest BCUT2D eigenvalue weighted by Gasteiger charge is -2.19. The monoisotopic (exact) mass is 350 g/mol. The molecule has 0 atom stereocenters. The van der Waals surface area contributed by atoms with E-state index in [0.717, 1.165) is 12.8 Å². The molecule has 23 heavy (non-hydrogen) atoms. The van der Waals surface area contributed by atoms with Crippen LogP contribution in [0.25, 0.3) is 5.76 Å². The van der Waals surface area contributed by atoms with Crippen molar-refractivity contribution in [2.24, 2.45) is 0 Å². The Morgan fingerprint density at radius 2 is 2.00 bits per heavy atom. The summed E-state index contributed by atoms with van der Waals surface area (Å²) in [6.45, 7) is 2.59. The summed E-state index contributed by atoms with van der Waals surface area (Å²) >= 11 is 0. The lowest BCUT2D eigenvalue weighted by Crippen LogP contribution is -2.25. The third-order valence-corrected chi connectivity index (χ3v) is 4.30. The van der Waals surface area contributed by atoms with Crippen LogP contribution in [0.15, 0.2) is 24.3 Å². The number of alkyl halides is 3. The highest BCUT2D eigenvalue weighted by Gasteiger charge is 2.49. The molecule has 0 fully saturated rings. The highest BCUT2D eigenvalue weighted by molar-refractivity contribution is 7.87. The van der Waals surface area contributed by atoms with Gasteiger partial charge in [-0.05, 0) is 49.1 Å². The molecule has 0 radical (unpaired) electrons. The molecule has 0 amide bonds. The first kappa shape index (κ1) is 17.7. The Hall–Kier alpha value is -1.70. The lowest BCUT2D eigenvalue weighted by molar-refractivity contribution is -0.0509. The first-order valence-electron chi connectivity index (χ1n) is 7.21. The molecule has 1 aromatic carbocycles. The summed E-state index contributed by atoms with van der Waals surface area (Å²) < 4.78 is 69.5. The Bertz CT molecular complexity index is 693. The predicted octanol–water partition coefficient (Wildman–Crippen LogP) is 4.02. The number of benzene rings is 1. The molecule has 0 N–H and O–H groups in total. The number of hydrogen-bond acceptors (Lipinski definition) is 4. The zero-order valence-electron chi connectivity index (χ0n) is 12.5. The molecule has 128 valence electrons. The molecule has 1 aromatic rings. The number of halogens is 3. The first-order chi connectivity index (χ1) is 10.7. The fourth-order valence-corrected chi connectivity index (χ4v) is 2.64. The van der Waals surface area contributed by atoms with Gasteiger partial charge < -0.3 is 8.92 Å². The van der Waals surface area contributed by atoms with Gasteiger partial charge in [0.1, 0.15) is 11.5 Å². The number of hydrogen-bond donors (Lipinski definition) is 0. The third kappa shape index (κ3) is 4.19. The van der Waals surface area contributed by atoms with Gasteiger partial charge in [-0.3, -0.25) is 0 Å². The SMILES string of the molecule is CCCCOc1ccc2c(c1)CCC=C2OS(=O)(=O)C(F)(F)F. The van der Waals surface area contributed by atoms with Crippen LogP contribution < -0.4 is 4.74 Å². The van der Waals surface area contributed by atoms with Crippen LogP contribution in [-0.2, 0) is 20.7 Å². The van der Waals surface area contributed by atoms with Gasteiger partial charge in [-0.15, -0.1) is 0 Å². The number of ether oxygens (including phenoxy) is 1. The van der Waals surface area contributed by atoms with Crippen molar-refractivity contribution < 1.29 is 30.5 Å². The van der Waals surface area contributed by atoms with E-state index in [4.69, 9.17) is 4.74 Å². The highest BCUT2D eigenvalue weighted by Crippen LogP contribution is 2.35. The van der Waals surface area contributed by atoms with E-state index < -0.39 is 15.6 Å². The van der Waals surface area contributed by atoms with Crippen molar-refractivity contribution in [3.63, 3.8) is 0 Å². The van der Waals surface area contributed by atoms with E-state index in [-0.39, 0.29) is 5.76 Å². The molecule has 0 heterocycles. The molecule has 0 unspecified atom stereocenters. The molecule has 0 spiro atoms. The van der Waals surface area contributed by atoms with Crippen LogP contribution in [0.2, 0.25) is 0 Å². The van der Waals surface area contributed by atoms with E-state index in [9.17, 15) is 21.6 Å². The fraction of sp³-hybridized carbons (Fsp3) is 0.467. The minimum absolute atomic E-state index is 0.288. The molecule has 0 bridgehead atoms. The van der Waals surface area contributed by atoms with Crippen LogP contribution in [-0.4, -0.2) is 20.5 Å². The maximum atomic E-state index is 12.4. The average Bonchev–Trinajstić information content (AvgIpc) is 2.46. The molecule has 0 aromatic heterocycles. The van der Waals surface area contributed by atoms with E-state index in [0.29, 0.717) is 36.3 Å². The molecule has 0 saturated heterocycles. The Kier molecular flexibility index (Phi) is 5.23. The van der Waals surface area contributed by atoms with Crippen LogP contribution in [0.1, 0.15) is 37.3 Å². The van der Waals surface area contributed by atoms with E-state index in [1.54, 1.807) is 12.1 Å². The van der Waals surface area contributed by atoms with E-state index >= 15 is 0 Å². The van der Waals surface area contributed by atoms with E-state index in [2.05, 4.69) is 4.18 Å². The van der Waals surface area contributed by atoms with E-state index in [1.165, 1.54) is 12.1 Å². The van der Waals surface area contributed by atoms with Crippen molar-refractivity contribution in [2.45, 2.75) is 38.1 Å². The molecular weight excluding hydrogens is 333 g/mol. The van der Waals surface area contributed by atoms with Crippen molar-refractivity contribution >= 4 is 15.9 Å². The first-order valence-corrected chi connectivity index (χ1v) is 8.62. The number of allylic oxidation sites excluding steroid dienone is 1. The predicted molar refractivity (Wildman–Crippen MR) is 79.2 cm³/mol. The number of rotatable bonds is 6. The summed E-state index contributed by atoms with van der Waals surface area (Å²) in [6, 6.07) is 4.83. The van der Waals surface area contributed by atoms with Crippen LogP contribution in [0.3, 0.4) is 0 Å². The van der Waals surface area contributed by atoms with Gasteiger partial charge in [0, 0.05) is 5.56 Å². The third-order valence-electron chi connectivity index (χ3n) is 3.34. The Balaban J connectivity index is 2.20. The second-order valence-electron chi connectivity index (χ2n) is 5.11. The maximum absolute atomic E-state index is 12.4. The molecule has 1 aliphatic carbocycles. The second-order valence-corrected chi connectivity index (χ2v) is 6.65. The Morgan fingerprint density at radius 1 is 1.26 bits per heavy atom. The lowest BCUT2D eigenvalue weighted by atomic mass is 9.96. The van der Waals surface area contributed by atoms with Crippen LogP contribution in [0.5, 0.6) is 5.75 Å². The molecule has 0 saturated carbocycles. The van der Waals surface area contributed by atoms with Crippen molar-refractivity contribution in [1.29, 1.82) is 0 Å². The maximum Gasteiger partial charge on any atom is 0.534 e. The second kappa shape index (κ2) is 6.82. The van der Waals surface area contributed by atoms with Gasteiger partial charge in [-0.1, -0.05) is 13.3 Å². The summed E-state index contributed by atoms with van der Waals surface area (Å²) in [5.41, 5.74) is -4.41. The van der Waals surface area contributed by atoms with Gasteiger partial charge in [-0.25, -0.2) is 0 Å². The summed E-state index contributed by atoms with van der Waals surface area (Å²) in [5, 5.41) is 0. The standard InChI is InChI=1S/C15H17F3O4S/c1-2-3-9-21-12-7-8-13-11(10-12)5-4-6-14(13)22-23(19,20)15(16,17)18/h6-8,10H,2-5,9H2,1H3. The van der Waals surface area contributed by atoms with Gasteiger partial charge in [0.05, 0.1) is 6.61 Å². The smallest absolute Gasteiger partial charge is 0.494 e. The largest absolute Gasteiger partial charge is 0.534 e. The minimum Gasteiger partial charge on any atom is -0.494 e. The quantitative estimate of drug-likeness (QED) is 0.442. The van der Waals surface area contributed by atoms with Crippen molar-refractivity contribution in [2.75, 3.05) is 6.61 Å². The van der Waals surface area contributed by atoms with Crippen LogP contribution in [0.4, 0.5) is 13.2 Å². The van der Waals surface area contributed by atoms with E-state index in [1.807, 2.05) is 6.92 Å². The molecule has 0 aliphatic heterocycles. The normalized spacial score (nSPS) is 14.9. The summed E-state index contributed by atoms with van der Waals surface area (Å²) in [5.74, 6) is 0.320. The zero-order chi connectivity index (χ0) is 17.1. The number of fused-ring (bicyclic) bond motifs is 1. The molecule has 2 rings (SSSR count). The Labute approximate surface area is 133 Å². The van der Waals surface area contributed by atoms with Crippen LogP contribution in [0, 0.1) is 0 Å². The molecule has 1 aliphatic rings. The highest BCUT2D eigenvalue weighted by atomic mass is 32.2. The average molecular weight is 350 g/mol. The van der Waals surface area contributed by atoms with Crippen molar-refractivity contribution in [1.82, 2.24) is 0 Å². The number of aryl methyl sites for hydroxylation is 1. The summed E-state index contributed by atoms with van der Waals surface area (Å²) in [7, 11) is -5.67. The minimum atomic E-state index is -5.67.